The molecular weight excluding hydrogens is 300 g/mol. The molecule has 0 unspecified atom stereocenters. The van der Waals surface area contributed by atoms with Gasteiger partial charge in [-0.05, 0) is 62.3 Å². The maximum absolute atomic E-state index is 12.3. The van der Waals surface area contributed by atoms with Crippen molar-refractivity contribution in [3.05, 3.63) is 24.3 Å². The predicted molar refractivity (Wildman–Crippen MR) is 97.5 cm³/mol. The largest absolute Gasteiger partial charge is 0.494 e. The van der Waals surface area contributed by atoms with E-state index in [1.807, 2.05) is 24.3 Å². The molecule has 134 valence electrons. The quantitative estimate of drug-likeness (QED) is 0.327. The molecule has 0 radical (unpaired) electrons. The Balaban J connectivity index is 1.74. The molecule has 0 heterocycles. The molecule has 0 aliphatic heterocycles. The number of benzene rings is 1. The molecule has 24 heavy (non-hydrogen) atoms. The summed E-state index contributed by atoms with van der Waals surface area (Å²) in [6, 6.07) is 7.40. The highest BCUT2D eigenvalue weighted by Crippen LogP contribution is 2.33. The summed E-state index contributed by atoms with van der Waals surface area (Å²) in [4.78, 5) is 12.3. The third-order valence-electron chi connectivity index (χ3n) is 4.95. The second-order valence-electron chi connectivity index (χ2n) is 6.95. The van der Waals surface area contributed by atoms with Crippen LogP contribution in [0.25, 0.3) is 0 Å². The van der Waals surface area contributed by atoms with E-state index in [4.69, 9.17) is 9.47 Å². The van der Waals surface area contributed by atoms with Gasteiger partial charge in [0.25, 0.3) is 0 Å². The Labute approximate surface area is 146 Å². The van der Waals surface area contributed by atoms with Gasteiger partial charge in [-0.1, -0.05) is 39.5 Å². The first kappa shape index (κ1) is 18.8. The first-order valence-corrected chi connectivity index (χ1v) is 9.67. The topological polar surface area (TPSA) is 35.5 Å². The van der Waals surface area contributed by atoms with Crippen LogP contribution in [0.1, 0.15) is 71.6 Å². The summed E-state index contributed by atoms with van der Waals surface area (Å²) in [5.74, 6) is 2.27. The molecule has 1 aromatic rings. The molecule has 0 atom stereocenters. The van der Waals surface area contributed by atoms with Crippen LogP contribution in [0, 0.1) is 11.8 Å². The van der Waals surface area contributed by atoms with E-state index in [-0.39, 0.29) is 11.9 Å². The van der Waals surface area contributed by atoms with Crippen LogP contribution in [0.5, 0.6) is 11.5 Å². The average molecular weight is 332 g/mol. The van der Waals surface area contributed by atoms with E-state index in [0.717, 1.165) is 44.0 Å². The number of carbonyl (C=O) groups is 1. The van der Waals surface area contributed by atoms with Gasteiger partial charge in [0, 0.05) is 0 Å². The third kappa shape index (κ3) is 6.18. The summed E-state index contributed by atoms with van der Waals surface area (Å²) < 4.78 is 11.2. The maximum Gasteiger partial charge on any atom is 0.314 e. The Bertz CT molecular complexity index is 472. The van der Waals surface area contributed by atoms with Gasteiger partial charge in [-0.3, -0.25) is 4.79 Å². The van der Waals surface area contributed by atoms with Crippen LogP contribution in [-0.2, 0) is 4.79 Å². The van der Waals surface area contributed by atoms with Crippen LogP contribution in [0.4, 0.5) is 0 Å². The Morgan fingerprint density at radius 2 is 1.58 bits per heavy atom. The molecule has 0 spiro atoms. The molecule has 0 bridgehead atoms. The van der Waals surface area contributed by atoms with Crippen molar-refractivity contribution in [1.82, 2.24) is 0 Å². The highest BCUT2D eigenvalue weighted by Gasteiger charge is 2.27. The number of ether oxygens (including phenoxy) is 2. The van der Waals surface area contributed by atoms with Gasteiger partial charge in [0.1, 0.15) is 11.5 Å². The van der Waals surface area contributed by atoms with Gasteiger partial charge in [0.15, 0.2) is 0 Å². The Morgan fingerprint density at radius 3 is 2.21 bits per heavy atom. The fourth-order valence-electron chi connectivity index (χ4n) is 3.32. The van der Waals surface area contributed by atoms with Gasteiger partial charge in [-0.25, -0.2) is 0 Å². The molecule has 3 nitrogen and oxygen atoms in total. The summed E-state index contributed by atoms with van der Waals surface area (Å²) in [6.45, 7) is 5.11. The first-order chi connectivity index (χ1) is 11.7. The summed E-state index contributed by atoms with van der Waals surface area (Å²) in [5, 5.41) is 0. The molecule has 1 saturated carbocycles. The minimum Gasteiger partial charge on any atom is -0.494 e. The Morgan fingerprint density at radius 1 is 0.958 bits per heavy atom. The summed E-state index contributed by atoms with van der Waals surface area (Å²) in [5.41, 5.74) is 0. The van der Waals surface area contributed by atoms with E-state index in [1.54, 1.807) is 0 Å². The van der Waals surface area contributed by atoms with Gasteiger partial charge in [-0.2, -0.15) is 0 Å². The van der Waals surface area contributed by atoms with Gasteiger partial charge < -0.3 is 9.47 Å². The van der Waals surface area contributed by atoms with Gasteiger partial charge in [0.2, 0.25) is 0 Å². The fraction of sp³-hybridized carbons (Fsp3) is 0.667. The van der Waals surface area contributed by atoms with Crippen molar-refractivity contribution in [3.63, 3.8) is 0 Å². The summed E-state index contributed by atoms with van der Waals surface area (Å²) >= 11 is 0. The van der Waals surface area contributed by atoms with E-state index >= 15 is 0 Å². The monoisotopic (exact) mass is 332 g/mol. The number of hydrogen-bond donors (Lipinski definition) is 0. The zero-order valence-corrected chi connectivity index (χ0v) is 15.3. The van der Waals surface area contributed by atoms with E-state index in [2.05, 4.69) is 13.8 Å². The zero-order chi connectivity index (χ0) is 17.2. The number of unbranched alkanes of at least 4 members (excludes halogenated alkanes) is 2. The van der Waals surface area contributed by atoms with E-state index in [9.17, 15) is 4.79 Å². The second-order valence-corrected chi connectivity index (χ2v) is 6.95. The van der Waals surface area contributed by atoms with Gasteiger partial charge in [0.05, 0.1) is 12.5 Å². The maximum atomic E-state index is 12.3. The molecule has 2 rings (SSSR count). The zero-order valence-electron chi connectivity index (χ0n) is 15.3. The lowest BCUT2D eigenvalue weighted by Gasteiger charge is -2.27. The standard InChI is InChI=1S/C21H32O3/c1-3-5-7-17-8-10-18(11-9-17)21(22)24-20-14-12-19(13-15-20)23-16-6-4-2/h12-15,17-18H,3-11,16H2,1-2H3/t17-,18-. The molecule has 0 amide bonds. The van der Waals surface area contributed by atoms with Crippen molar-refractivity contribution in [1.29, 1.82) is 0 Å². The van der Waals surface area contributed by atoms with Gasteiger partial charge in [-0.15, -0.1) is 0 Å². The predicted octanol–water partition coefficient (Wildman–Crippen LogP) is 5.77. The summed E-state index contributed by atoms with van der Waals surface area (Å²) in [6.07, 6.45) is 10.4. The number of carbonyl (C=O) groups excluding carboxylic acids is 1. The van der Waals surface area contributed by atoms with Crippen LogP contribution in [0.3, 0.4) is 0 Å². The van der Waals surface area contributed by atoms with Crippen LogP contribution in [0.15, 0.2) is 24.3 Å². The highest BCUT2D eigenvalue weighted by molar-refractivity contribution is 5.75. The normalized spacial score (nSPS) is 20.6. The minimum absolute atomic E-state index is 0.0661. The van der Waals surface area contributed by atoms with Crippen molar-refractivity contribution >= 4 is 5.97 Å². The van der Waals surface area contributed by atoms with Crippen LogP contribution < -0.4 is 9.47 Å². The minimum atomic E-state index is -0.0661. The molecule has 0 N–H and O–H groups in total. The lowest BCUT2D eigenvalue weighted by atomic mass is 9.80. The van der Waals surface area contributed by atoms with E-state index in [1.165, 1.54) is 32.1 Å². The van der Waals surface area contributed by atoms with Crippen LogP contribution in [0.2, 0.25) is 0 Å². The molecule has 1 aliphatic rings. The first-order valence-electron chi connectivity index (χ1n) is 9.67. The second kappa shape index (κ2) is 10.4. The molecule has 0 saturated heterocycles. The van der Waals surface area contributed by atoms with Crippen LogP contribution >= 0.6 is 0 Å². The molecule has 1 fully saturated rings. The molecule has 0 aromatic heterocycles. The smallest absolute Gasteiger partial charge is 0.314 e. The molecular formula is C21H32O3. The Kier molecular flexibility index (Phi) is 8.14. The average Bonchev–Trinajstić information content (AvgIpc) is 2.62. The molecule has 1 aliphatic carbocycles. The van der Waals surface area contributed by atoms with Crippen LogP contribution in [-0.4, -0.2) is 12.6 Å². The third-order valence-corrected chi connectivity index (χ3v) is 4.95. The molecule has 3 heteroatoms. The fourth-order valence-corrected chi connectivity index (χ4v) is 3.32. The number of esters is 1. The van der Waals surface area contributed by atoms with E-state index < -0.39 is 0 Å². The SMILES string of the molecule is CCCCOc1ccc(OC(=O)[C@H]2CC[C@H](CCCC)CC2)cc1. The van der Waals surface area contributed by atoms with Crippen molar-refractivity contribution in [2.24, 2.45) is 11.8 Å². The van der Waals surface area contributed by atoms with Crippen molar-refractivity contribution < 1.29 is 14.3 Å². The summed E-state index contributed by atoms with van der Waals surface area (Å²) in [7, 11) is 0. The van der Waals surface area contributed by atoms with Crippen molar-refractivity contribution in [2.75, 3.05) is 6.61 Å². The van der Waals surface area contributed by atoms with E-state index in [0.29, 0.717) is 5.75 Å². The lowest BCUT2D eigenvalue weighted by molar-refractivity contribution is -0.140. The Hall–Kier alpha value is -1.51. The highest BCUT2D eigenvalue weighted by atomic mass is 16.5. The van der Waals surface area contributed by atoms with Gasteiger partial charge >= 0.3 is 5.97 Å². The molecule has 1 aromatic carbocycles. The van der Waals surface area contributed by atoms with Crippen molar-refractivity contribution in [2.45, 2.75) is 71.6 Å². The van der Waals surface area contributed by atoms with Crippen molar-refractivity contribution in [3.8, 4) is 11.5 Å². The lowest BCUT2D eigenvalue weighted by Crippen LogP contribution is -2.25. The number of hydrogen-bond acceptors (Lipinski definition) is 3. The number of rotatable bonds is 9.